The van der Waals surface area contributed by atoms with Gasteiger partial charge in [0.15, 0.2) is 0 Å². The topological polar surface area (TPSA) is 45.8 Å². The van der Waals surface area contributed by atoms with Crippen molar-refractivity contribution < 1.29 is 0 Å². The van der Waals surface area contributed by atoms with Crippen LogP contribution >= 0.6 is 11.6 Å². The van der Waals surface area contributed by atoms with Crippen molar-refractivity contribution >= 4 is 22.6 Å². The minimum atomic E-state index is -0.151. The number of nitrogens with zero attached hydrogens (tertiary/aromatic N) is 1. The minimum absolute atomic E-state index is 0.151. The number of aromatic amines is 1. The Morgan fingerprint density at radius 1 is 1.50 bits per heavy atom. The SMILES string of the molecule is [CH2]Cc1cc2ccc(Cl)nc2[nH]c1=O. The Hall–Kier alpha value is -1.35. The van der Waals surface area contributed by atoms with Crippen LogP contribution in [-0.2, 0) is 6.42 Å². The number of hydrogen-bond donors (Lipinski definition) is 1. The zero-order valence-corrected chi connectivity index (χ0v) is 8.14. The van der Waals surface area contributed by atoms with E-state index in [9.17, 15) is 4.79 Å². The summed E-state index contributed by atoms with van der Waals surface area (Å²) in [5.41, 5.74) is 1.02. The molecule has 0 atom stereocenters. The van der Waals surface area contributed by atoms with E-state index in [1.807, 2.05) is 6.07 Å². The summed E-state index contributed by atoms with van der Waals surface area (Å²) >= 11 is 5.70. The smallest absolute Gasteiger partial charge is 0.252 e. The Kier molecular flexibility index (Phi) is 2.25. The van der Waals surface area contributed by atoms with Gasteiger partial charge in [0.05, 0.1) is 0 Å². The zero-order valence-electron chi connectivity index (χ0n) is 7.38. The van der Waals surface area contributed by atoms with Crippen molar-refractivity contribution in [3.8, 4) is 0 Å². The Morgan fingerprint density at radius 3 is 3.00 bits per heavy atom. The first-order chi connectivity index (χ1) is 6.70. The summed E-state index contributed by atoms with van der Waals surface area (Å²) in [7, 11) is 0. The lowest BCUT2D eigenvalue weighted by Crippen LogP contribution is -2.11. The molecule has 0 saturated heterocycles. The molecule has 0 aliphatic carbocycles. The molecule has 0 fully saturated rings. The van der Waals surface area contributed by atoms with Crippen molar-refractivity contribution in [2.45, 2.75) is 6.42 Å². The third-order valence-corrected chi connectivity index (χ3v) is 2.23. The molecule has 0 aliphatic heterocycles. The first-order valence-electron chi connectivity index (χ1n) is 4.18. The van der Waals surface area contributed by atoms with Gasteiger partial charge in [0.25, 0.3) is 5.56 Å². The summed E-state index contributed by atoms with van der Waals surface area (Å²) < 4.78 is 0. The van der Waals surface area contributed by atoms with Gasteiger partial charge in [-0.25, -0.2) is 4.98 Å². The third kappa shape index (κ3) is 1.51. The zero-order chi connectivity index (χ0) is 10.1. The van der Waals surface area contributed by atoms with Crippen LogP contribution in [0.15, 0.2) is 23.0 Å². The van der Waals surface area contributed by atoms with E-state index in [-0.39, 0.29) is 5.56 Å². The highest BCUT2D eigenvalue weighted by molar-refractivity contribution is 6.29. The molecule has 4 heteroatoms. The molecule has 0 unspecified atom stereocenters. The van der Waals surface area contributed by atoms with Crippen LogP contribution in [0.2, 0.25) is 5.15 Å². The van der Waals surface area contributed by atoms with Crippen LogP contribution in [0.1, 0.15) is 5.56 Å². The van der Waals surface area contributed by atoms with E-state index in [2.05, 4.69) is 16.9 Å². The Labute approximate surface area is 85.7 Å². The number of aromatic nitrogens is 2. The molecular weight excluding hydrogens is 200 g/mol. The summed E-state index contributed by atoms with van der Waals surface area (Å²) in [4.78, 5) is 18.1. The van der Waals surface area contributed by atoms with Gasteiger partial charge in [-0.05, 0) is 31.5 Å². The van der Waals surface area contributed by atoms with Gasteiger partial charge in [-0.1, -0.05) is 11.6 Å². The van der Waals surface area contributed by atoms with Crippen molar-refractivity contribution in [3.63, 3.8) is 0 Å². The van der Waals surface area contributed by atoms with Crippen LogP contribution in [0, 0.1) is 6.92 Å². The van der Waals surface area contributed by atoms with Gasteiger partial charge < -0.3 is 4.98 Å². The van der Waals surface area contributed by atoms with Crippen LogP contribution in [0.25, 0.3) is 11.0 Å². The molecule has 2 rings (SSSR count). The highest BCUT2D eigenvalue weighted by atomic mass is 35.5. The second-order valence-corrected chi connectivity index (χ2v) is 3.33. The van der Waals surface area contributed by atoms with E-state index < -0.39 is 0 Å². The number of pyridine rings is 2. The molecule has 2 aromatic heterocycles. The van der Waals surface area contributed by atoms with E-state index in [4.69, 9.17) is 11.6 Å². The molecule has 2 heterocycles. The first kappa shape index (κ1) is 9.21. The van der Waals surface area contributed by atoms with Crippen molar-refractivity contribution in [1.29, 1.82) is 0 Å². The molecule has 0 bridgehead atoms. The molecule has 0 aliphatic rings. The van der Waals surface area contributed by atoms with Gasteiger partial charge in [-0.3, -0.25) is 4.79 Å². The Morgan fingerprint density at radius 2 is 2.29 bits per heavy atom. The van der Waals surface area contributed by atoms with Gasteiger partial charge in [0.1, 0.15) is 10.8 Å². The van der Waals surface area contributed by atoms with Gasteiger partial charge in [0, 0.05) is 10.9 Å². The predicted octanol–water partition coefficient (Wildman–Crippen LogP) is 1.95. The second kappa shape index (κ2) is 3.42. The molecule has 0 spiro atoms. The number of fused-ring (bicyclic) bond motifs is 1. The van der Waals surface area contributed by atoms with E-state index in [0.717, 1.165) is 5.39 Å². The second-order valence-electron chi connectivity index (χ2n) is 2.95. The maximum absolute atomic E-state index is 11.4. The summed E-state index contributed by atoms with van der Waals surface area (Å²) in [6, 6.07) is 5.29. The average molecular weight is 208 g/mol. The van der Waals surface area contributed by atoms with Crippen molar-refractivity contribution in [1.82, 2.24) is 9.97 Å². The molecular formula is C10H8ClN2O. The van der Waals surface area contributed by atoms with Gasteiger partial charge in [-0.2, -0.15) is 0 Å². The maximum atomic E-state index is 11.4. The lowest BCUT2D eigenvalue weighted by Gasteiger charge is -1.99. The quantitative estimate of drug-likeness (QED) is 0.727. The maximum Gasteiger partial charge on any atom is 0.252 e. The monoisotopic (exact) mass is 207 g/mol. The van der Waals surface area contributed by atoms with Crippen molar-refractivity contribution in [2.24, 2.45) is 0 Å². The van der Waals surface area contributed by atoms with E-state index >= 15 is 0 Å². The fourth-order valence-electron chi connectivity index (χ4n) is 1.29. The van der Waals surface area contributed by atoms with Gasteiger partial charge >= 0.3 is 0 Å². The fraction of sp³-hybridized carbons (Fsp3) is 0.100. The van der Waals surface area contributed by atoms with Crippen molar-refractivity contribution in [3.05, 3.63) is 46.2 Å². The number of H-pyrrole nitrogens is 1. The number of nitrogens with one attached hydrogen (secondary N) is 1. The fourth-order valence-corrected chi connectivity index (χ4v) is 1.44. The van der Waals surface area contributed by atoms with Crippen LogP contribution < -0.4 is 5.56 Å². The lowest BCUT2D eigenvalue weighted by molar-refractivity contribution is 1.14. The Balaban J connectivity index is 2.79. The lowest BCUT2D eigenvalue weighted by atomic mass is 10.2. The molecule has 2 aromatic rings. The summed E-state index contributed by atoms with van der Waals surface area (Å²) in [5, 5.41) is 1.24. The van der Waals surface area contributed by atoms with E-state index in [0.29, 0.717) is 22.8 Å². The van der Waals surface area contributed by atoms with E-state index in [1.54, 1.807) is 12.1 Å². The molecule has 0 saturated carbocycles. The minimum Gasteiger partial charge on any atom is -0.306 e. The molecule has 0 amide bonds. The number of halogens is 1. The van der Waals surface area contributed by atoms with Crippen molar-refractivity contribution in [2.75, 3.05) is 0 Å². The normalized spacial score (nSPS) is 10.7. The Bertz CT molecular complexity index is 533. The van der Waals surface area contributed by atoms with Crippen LogP contribution in [0.3, 0.4) is 0 Å². The predicted molar refractivity (Wildman–Crippen MR) is 56.4 cm³/mol. The van der Waals surface area contributed by atoms with Crippen LogP contribution in [0.4, 0.5) is 0 Å². The van der Waals surface area contributed by atoms with Gasteiger partial charge in [0.2, 0.25) is 0 Å². The highest BCUT2D eigenvalue weighted by Gasteiger charge is 2.01. The number of hydrogen-bond acceptors (Lipinski definition) is 2. The summed E-state index contributed by atoms with van der Waals surface area (Å²) in [5.74, 6) is 0. The molecule has 0 aromatic carbocycles. The highest BCUT2D eigenvalue weighted by Crippen LogP contribution is 2.12. The standard InChI is InChI=1S/C10H8ClN2O/c1-2-6-5-7-3-4-8(11)12-9(7)13-10(6)14/h3-5H,1-2H2,(H,12,13,14). The van der Waals surface area contributed by atoms with Crippen LogP contribution in [0.5, 0.6) is 0 Å². The molecule has 1 N–H and O–H groups in total. The summed E-state index contributed by atoms with van der Waals surface area (Å²) in [6.45, 7) is 3.67. The van der Waals surface area contributed by atoms with Gasteiger partial charge in [-0.15, -0.1) is 0 Å². The number of rotatable bonds is 1. The molecule has 14 heavy (non-hydrogen) atoms. The average Bonchev–Trinajstić information content (AvgIpc) is 2.16. The summed E-state index contributed by atoms with van der Waals surface area (Å²) in [6.07, 6.45) is 0.466. The van der Waals surface area contributed by atoms with E-state index in [1.165, 1.54) is 0 Å². The first-order valence-corrected chi connectivity index (χ1v) is 4.56. The van der Waals surface area contributed by atoms with Crippen LogP contribution in [-0.4, -0.2) is 9.97 Å². The molecule has 1 radical (unpaired) electrons. The largest absolute Gasteiger partial charge is 0.306 e. The third-order valence-electron chi connectivity index (χ3n) is 2.02. The molecule has 3 nitrogen and oxygen atoms in total. The molecule has 71 valence electrons.